The van der Waals surface area contributed by atoms with Crippen LogP contribution in [-0.2, 0) is 0 Å². The van der Waals surface area contributed by atoms with Crippen LogP contribution in [0.25, 0.3) is 17.1 Å². The van der Waals surface area contributed by atoms with Crippen molar-refractivity contribution in [2.75, 3.05) is 25.1 Å². The van der Waals surface area contributed by atoms with Crippen LogP contribution in [0.3, 0.4) is 0 Å². The van der Waals surface area contributed by atoms with Crippen molar-refractivity contribution in [3.8, 4) is 17.2 Å². The molecule has 1 aromatic heterocycles. The molecule has 0 radical (unpaired) electrons. The number of ether oxygens (including phenoxy) is 3. The number of rotatable bonds is 1. The molecule has 146 valence electrons. The van der Waals surface area contributed by atoms with Gasteiger partial charge in [-0.1, -0.05) is 18.2 Å². The molecule has 0 fully saturated rings. The summed E-state index contributed by atoms with van der Waals surface area (Å²) in [4.78, 5) is 9.38. The molecule has 3 aromatic rings. The molecule has 8 heteroatoms. The fourth-order valence-electron chi connectivity index (χ4n) is 3.96. The maximum absolute atomic E-state index is 6.07. The van der Waals surface area contributed by atoms with E-state index in [-0.39, 0.29) is 6.17 Å². The predicted octanol–water partition coefficient (Wildman–Crippen LogP) is 2.91. The maximum atomic E-state index is 6.07. The molecule has 3 N–H and O–H groups in total. The Balaban J connectivity index is 1.51. The molecular weight excluding hydrogens is 370 g/mol. The van der Waals surface area contributed by atoms with Crippen LogP contribution in [0, 0.1) is 0 Å². The smallest absolute Gasteiger partial charge is 0.212 e. The topological polar surface area (TPSA) is 95.9 Å². The van der Waals surface area contributed by atoms with Crippen molar-refractivity contribution in [2.24, 2.45) is 10.7 Å². The predicted molar refractivity (Wildman–Crippen MR) is 110 cm³/mol. The first-order valence-corrected chi connectivity index (χ1v) is 9.60. The van der Waals surface area contributed by atoms with Gasteiger partial charge in [0.05, 0.1) is 24.2 Å². The first-order chi connectivity index (χ1) is 14.3. The van der Waals surface area contributed by atoms with Crippen LogP contribution in [-0.4, -0.2) is 35.3 Å². The number of hydrogen-bond donors (Lipinski definition) is 2. The van der Waals surface area contributed by atoms with Crippen molar-refractivity contribution >= 4 is 29.0 Å². The highest BCUT2D eigenvalue weighted by Crippen LogP contribution is 2.40. The summed E-state index contributed by atoms with van der Waals surface area (Å²) in [7, 11) is 0. The molecule has 2 aromatic carbocycles. The molecule has 3 aliphatic heterocycles. The number of nitrogens with one attached hydrogen (secondary N) is 1. The van der Waals surface area contributed by atoms with E-state index in [4.69, 9.17) is 24.9 Å². The van der Waals surface area contributed by atoms with Gasteiger partial charge in [0.25, 0.3) is 0 Å². The monoisotopic (exact) mass is 389 g/mol. The second-order valence-electron chi connectivity index (χ2n) is 7.20. The molecule has 0 aliphatic carbocycles. The van der Waals surface area contributed by atoms with E-state index in [1.54, 1.807) is 0 Å². The van der Waals surface area contributed by atoms with E-state index in [0.29, 0.717) is 37.5 Å². The third-order valence-corrected chi connectivity index (χ3v) is 5.29. The fraction of sp³-hybridized carbons (Fsp3) is 0.238. The van der Waals surface area contributed by atoms with Crippen LogP contribution in [0.5, 0.6) is 17.2 Å². The number of benzene rings is 2. The number of fused-ring (bicyclic) bond motifs is 5. The number of guanidine groups is 1. The Labute approximate surface area is 166 Å². The summed E-state index contributed by atoms with van der Waals surface area (Å²) >= 11 is 0. The molecule has 4 heterocycles. The number of aromatic nitrogens is 2. The van der Waals surface area contributed by atoms with E-state index in [1.807, 2.05) is 41.0 Å². The van der Waals surface area contributed by atoms with Crippen molar-refractivity contribution < 1.29 is 14.2 Å². The van der Waals surface area contributed by atoms with E-state index in [1.165, 1.54) is 0 Å². The maximum Gasteiger partial charge on any atom is 0.212 e. The van der Waals surface area contributed by atoms with E-state index in [0.717, 1.165) is 40.1 Å². The zero-order valence-corrected chi connectivity index (χ0v) is 15.6. The van der Waals surface area contributed by atoms with Gasteiger partial charge in [0, 0.05) is 29.7 Å². The van der Waals surface area contributed by atoms with Gasteiger partial charge in [0.1, 0.15) is 12.4 Å². The van der Waals surface area contributed by atoms with E-state index >= 15 is 0 Å². The number of para-hydroxylation sites is 1. The van der Waals surface area contributed by atoms with Gasteiger partial charge in [0.15, 0.2) is 23.6 Å². The Kier molecular flexibility index (Phi) is 3.46. The van der Waals surface area contributed by atoms with Gasteiger partial charge in [-0.05, 0) is 12.1 Å². The number of anilines is 1. The van der Waals surface area contributed by atoms with Crippen LogP contribution in [0.4, 0.5) is 5.95 Å². The summed E-state index contributed by atoms with van der Waals surface area (Å²) < 4.78 is 19.7. The molecule has 8 nitrogen and oxygen atoms in total. The SMILES string of the molecule is NC1=N[C@@H](C2=Cc3ccccc3OC2)n2c(nc3cc4c(cc32)OCCCO4)N1. The summed E-state index contributed by atoms with van der Waals surface area (Å²) in [6.07, 6.45) is 2.62. The van der Waals surface area contributed by atoms with Gasteiger partial charge in [-0.25, -0.2) is 9.98 Å². The minimum atomic E-state index is -0.352. The summed E-state index contributed by atoms with van der Waals surface area (Å²) in [5.41, 5.74) is 9.80. The van der Waals surface area contributed by atoms with Gasteiger partial charge >= 0.3 is 0 Å². The zero-order valence-electron chi connectivity index (χ0n) is 15.6. The first-order valence-electron chi connectivity index (χ1n) is 9.60. The molecule has 0 bridgehead atoms. The average molecular weight is 389 g/mol. The van der Waals surface area contributed by atoms with E-state index in [9.17, 15) is 0 Å². The first kappa shape index (κ1) is 16.3. The second-order valence-corrected chi connectivity index (χ2v) is 7.20. The minimum absolute atomic E-state index is 0.326. The van der Waals surface area contributed by atoms with Crippen molar-refractivity contribution in [2.45, 2.75) is 12.6 Å². The van der Waals surface area contributed by atoms with Gasteiger partial charge in [-0.2, -0.15) is 0 Å². The Morgan fingerprint density at radius 3 is 2.76 bits per heavy atom. The minimum Gasteiger partial charge on any atom is -0.489 e. The van der Waals surface area contributed by atoms with Crippen molar-refractivity contribution in [3.05, 3.63) is 47.5 Å². The molecule has 0 spiro atoms. The highest BCUT2D eigenvalue weighted by Gasteiger charge is 2.29. The lowest BCUT2D eigenvalue weighted by molar-refractivity contribution is 0.297. The Morgan fingerprint density at radius 2 is 1.86 bits per heavy atom. The van der Waals surface area contributed by atoms with Crippen LogP contribution >= 0.6 is 0 Å². The quantitative estimate of drug-likeness (QED) is 0.664. The van der Waals surface area contributed by atoms with E-state index in [2.05, 4.69) is 16.4 Å². The molecule has 29 heavy (non-hydrogen) atoms. The molecule has 6 rings (SSSR count). The normalized spacial score (nSPS) is 19.8. The number of nitrogens with two attached hydrogens (primary N) is 1. The summed E-state index contributed by atoms with van der Waals surface area (Å²) in [5.74, 6) is 3.26. The van der Waals surface area contributed by atoms with Crippen molar-refractivity contribution in [3.63, 3.8) is 0 Å². The zero-order chi connectivity index (χ0) is 19.4. The molecular formula is C21H19N5O3. The van der Waals surface area contributed by atoms with E-state index < -0.39 is 0 Å². The lowest BCUT2D eigenvalue weighted by Gasteiger charge is -2.28. The van der Waals surface area contributed by atoms with Crippen molar-refractivity contribution in [1.29, 1.82) is 0 Å². The Hall–Kier alpha value is -3.68. The summed E-state index contributed by atoms with van der Waals surface area (Å²) in [6.45, 7) is 1.69. The van der Waals surface area contributed by atoms with Crippen molar-refractivity contribution in [1.82, 2.24) is 9.55 Å². The molecule has 0 amide bonds. The largest absolute Gasteiger partial charge is 0.489 e. The molecule has 0 saturated heterocycles. The van der Waals surface area contributed by atoms with Gasteiger partial charge in [0.2, 0.25) is 5.95 Å². The Morgan fingerprint density at radius 1 is 1.03 bits per heavy atom. The van der Waals surface area contributed by atoms with Crippen LogP contribution in [0.1, 0.15) is 18.2 Å². The third kappa shape index (κ3) is 2.60. The fourth-order valence-corrected chi connectivity index (χ4v) is 3.96. The average Bonchev–Trinajstić information content (AvgIpc) is 2.92. The summed E-state index contributed by atoms with van der Waals surface area (Å²) in [6, 6.07) is 11.8. The van der Waals surface area contributed by atoms with Crippen LogP contribution in [0.15, 0.2) is 47.0 Å². The lowest BCUT2D eigenvalue weighted by atomic mass is 10.1. The van der Waals surface area contributed by atoms with Crippen LogP contribution in [0.2, 0.25) is 0 Å². The standard InChI is InChI=1S/C21H19N5O3/c22-20-24-19(13-8-12-4-1-2-5-16(12)29-11-13)26-15-10-18-17(27-6-3-7-28-18)9-14(15)23-21(26)25-20/h1-2,4-5,8-10,19H,3,6-7,11H2,(H3,22,23,24,25)/t19-/m1/s1. The number of hydrogen-bond acceptors (Lipinski definition) is 7. The molecule has 3 aliphatic rings. The highest BCUT2D eigenvalue weighted by molar-refractivity contribution is 5.95. The molecule has 0 unspecified atom stereocenters. The second kappa shape index (κ2) is 6.16. The number of nitrogens with zero attached hydrogens (tertiary/aromatic N) is 3. The van der Waals surface area contributed by atoms with Gasteiger partial charge in [-0.15, -0.1) is 0 Å². The van der Waals surface area contributed by atoms with Gasteiger partial charge < -0.3 is 19.9 Å². The molecule has 1 atom stereocenters. The number of imidazole rings is 1. The van der Waals surface area contributed by atoms with Crippen LogP contribution < -0.4 is 25.3 Å². The molecule has 0 saturated carbocycles. The summed E-state index contributed by atoms with van der Waals surface area (Å²) in [5, 5.41) is 3.07. The third-order valence-electron chi connectivity index (χ3n) is 5.29. The van der Waals surface area contributed by atoms with Gasteiger partial charge in [-0.3, -0.25) is 9.88 Å². The lowest BCUT2D eigenvalue weighted by Crippen LogP contribution is -2.32. The number of aliphatic imine (C=N–C) groups is 1. The highest BCUT2D eigenvalue weighted by atomic mass is 16.5. The Bertz CT molecular complexity index is 1200.